The van der Waals surface area contributed by atoms with Crippen LogP contribution < -0.4 is 11.1 Å². The highest BCUT2D eigenvalue weighted by Gasteiger charge is 2.50. The first-order valence-electron chi connectivity index (χ1n) is 7.04. The quantitative estimate of drug-likeness (QED) is 0.271. The predicted molar refractivity (Wildman–Crippen MR) is 95.0 cm³/mol. The summed E-state index contributed by atoms with van der Waals surface area (Å²) in [5.41, 5.74) is 5.58. The topological polar surface area (TPSA) is 71.1 Å². The van der Waals surface area contributed by atoms with Gasteiger partial charge >= 0.3 is 0 Å². The summed E-state index contributed by atoms with van der Waals surface area (Å²) in [5.74, 6) is 3.83. The summed E-state index contributed by atoms with van der Waals surface area (Å²) >= 11 is 1.28. The summed E-state index contributed by atoms with van der Waals surface area (Å²) in [6, 6.07) is -0.199. The molecule has 4 saturated carbocycles. The maximum Gasteiger partial charge on any atom is 0.291 e. The van der Waals surface area contributed by atoms with Crippen molar-refractivity contribution in [3.05, 3.63) is 0 Å². The zero-order valence-electron chi connectivity index (χ0n) is 11.6. The van der Waals surface area contributed by atoms with E-state index < -0.39 is 0 Å². The second-order valence-electron chi connectivity index (χ2n) is 6.39. The molecule has 0 aliphatic heterocycles. The number of halogens is 2. The fourth-order valence-electron chi connectivity index (χ4n) is 4.79. The van der Waals surface area contributed by atoms with Crippen LogP contribution in [0.3, 0.4) is 0 Å². The molecule has 20 heavy (non-hydrogen) atoms. The molecule has 4 N–H and O–H groups in total. The number of nitrogens with one attached hydrogen (secondary N) is 2. The number of rotatable bonds is 5. The van der Waals surface area contributed by atoms with Gasteiger partial charge < -0.3 is 15.2 Å². The fourth-order valence-corrected chi connectivity index (χ4v) is 5.19. The Hall–Kier alpha value is 0.540. The smallest absolute Gasteiger partial charge is 0.291 e. The molecule has 4 fully saturated rings. The molecule has 0 aromatic rings. The van der Waals surface area contributed by atoms with Gasteiger partial charge in [-0.2, -0.15) is 0 Å². The molecule has 0 unspecified atom stereocenters. The van der Waals surface area contributed by atoms with Crippen molar-refractivity contribution in [1.29, 1.82) is 5.41 Å². The van der Waals surface area contributed by atoms with Crippen LogP contribution in [0.25, 0.3) is 0 Å². The van der Waals surface area contributed by atoms with E-state index >= 15 is 0 Å². The third-order valence-electron chi connectivity index (χ3n) is 4.87. The van der Waals surface area contributed by atoms with Gasteiger partial charge in [-0.25, -0.2) is 0 Å². The summed E-state index contributed by atoms with van der Waals surface area (Å²) in [6.07, 6.45) is 8.63. The molecule has 0 saturated heterocycles. The van der Waals surface area contributed by atoms with Crippen LogP contribution in [0.2, 0.25) is 0 Å². The Morgan fingerprint density at radius 1 is 1.15 bits per heavy atom. The first kappa shape index (κ1) is 18.6. The summed E-state index contributed by atoms with van der Waals surface area (Å²) in [7, 11) is 0. The summed E-state index contributed by atoms with van der Waals surface area (Å²) in [5, 5.41) is 10.8. The lowest BCUT2D eigenvalue weighted by Crippen LogP contribution is -2.58. The van der Waals surface area contributed by atoms with Crippen molar-refractivity contribution >= 4 is 52.0 Å². The molecular formula is C13H25Br2N3OS. The zero-order valence-corrected chi connectivity index (χ0v) is 15.8. The summed E-state index contributed by atoms with van der Waals surface area (Å²) in [4.78, 5) is 0. The normalized spacial score (nSPS) is 36.9. The molecule has 0 radical (unpaired) electrons. The highest BCUT2D eigenvalue weighted by molar-refractivity contribution is 8.93. The minimum Gasteiger partial charge on any atom is -0.391 e. The molecule has 0 aromatic carbocycles. The largest absolute Gasteiger partial charge is 0.391 e. The minimum absolute atomic E-state index is 0. The molecule has 4 rings (SSSR count). The maximum atomic E-state index is 6.98. The fraction of sp³-hybridized carbons (Fsp3) is 0.923. The van der Waals surface area contributed by atoms with E-state index in [0.717, 1.165) is 30.1 Å². The maximum absolute atomic E-state index is 6.98. The first-order chi connectivity index (χ1) is 8.65. The van der Waals surface area contributed by atoms with Gasteiger partial charge in [-0.3, -0.25) is 5.41 Å². The van der Waals surface area contributed by atoms with Crippen LogP contribution in [0.4, 0.5) is 0 Å². The molecule has 4 bridgehead atoms. The Morgan fingerprint density at radius 2 is 1.65 bits per heavy atom. The SMILES string of the molecule is Br.Br.N=C(N)OSCCNC12CC3CC(CC(C3)C1)C2. The van der Waals surface area contributed by atoms with E-state index in [-0.39, 0.29) is 40.0 Å². The van der Waals surface area contributed by atoms with Gasteiger partial charge in [-0.15, -0.1) is 34.0 Å². The Kier molecular flexibility index (Phi) is 7.15. The summed E-state index contributed by atoms with van der Waals surface area (Å²) < 4.78 is 4.90. The molecule has 0 spiro atoms. The van der Waals surface area contributed by atoms with Crippen LogP contribution in [0.5, 0.6) is 0 Å². The highest BCUT2D eigenvalue weighted by Crippen LogP contribution is 2.55. The van der Waals surface area contributed by atoms with Gasteiger partial charge in [0.25, 0.3) is 6.02 Å². The van der Waals surface area contributed by atoms with Crippen LogP contribution in [0.15, 0.2) is 0 Å². The van der Waals surface area contributed by atoms with Gasteiger partial charge in [-0.1, -0.05) is 0 Å². The molecule has 7 heteroatoms. The first-order valence-corrected chi connectivity index (χ1v) is 7.95. The van der Waals surface area contributed by atoms with Gasteiger partial charge in [0.05, 0.1) is 12.0 Å². The highest BCUT2D eigenvalue weighted by atomic mass is 79.9. The van der Waals surface area contributed by atoms with Crippen LogP contribution in [0, 0.1) is 23.2 Å². The predicted octanol–water partition coefficient (Wildman–Crippen LogP) is 3.26. The van der Waals surface area contributed by atoms with Crippen molar-refractivity contribution < 1.29 is 4.18 Å². The van der Waals surface area contributed by atoms with E-state index in [1.54, 1.807) is 0 Å². The van der Waals surface area contributed by atoms with Crippen LogP contribution in [-0.4, -0.2) is 23.9 Å². The second kappa shape index (κ2) is 7.70. The third-order valence-corrected chi connectivity index (χ3v) is 5.54. The van der Waals surface area contributed by atoms with Gasteiger partial charge in [0, 0.05) is 17.8 Å². The average molecular weight is 431 g/mol. The molecule has 0 atom stereocenters. The van der Waals surface area contributed by atoms with Gasteiger partial charge in [-0.05, 0) is 56.3 Å². The Labute approximate surface area is 146 Å². The molecule has 0 amide bonds. The molecule has 4 aliphatic carbocycles. The standard InChI is InChI=1S/C13H23N3OS.2BrH/c14-12(15)17-18-2-1-16-13-6-9-3-10(7-13)5-11(4-9)8-13;;/h9-11,16H,1-8H2,(H3,14,15);2*1H. The van der Waals surface area contributed by atoms with E-state index in [1.807, 2.05) is 0 Å². The van der Waals surface area contributed by atoms with Crippen molar-refractivity contribution in [2.75, 3.05) is 12.3 Å². The van der Waals surface area contributed by atoms with E-state index in [9.17, 15) is 0 Å². The lowest BCUT2D eigenvalue weighted by atomic mass is 9.53. The lowest BCUT2D eigenvalue weighted by Gasteiger charge is -2.57. The number of hydrogen-bond donors (Lipinski definition) is 3. The number of hydrogen-bond acceptors (Lipinski definition) is 4. The molecule has 118 valence electrons. The lowest BCUT2D eigenvalue weighted by molar-refractivity contribution is -0.0185. The van der Waals surface area contributed by atoms with Crippen molar-refractivity contribution in [3.63, 3.8) is 0 Å². The van der Waals surface area contributed by atoms with Crippen molar-refractivity contribution in [3.8, 4) is 0 Å². The molecule has 0 aromatic heterocycles. The van der Waals surface area contributed by atoms with Crippen LogP contribution in [-0.2, 0) is 4.18 Å². The van der Waals surface area contributed by atoms with E-state index in [4.69, 9.17) is 15.3 Å². The summed E-state index contributed by atoms with van der Waals surface area (Å²) in [6.45, 7) is 0.962. The van der Waals surface area contributed by atoms with Crippen molar-refractivity contribution in [2.24, 2.45) is 23.5 Å². The van der Waals surface area contributed by atoms with E-state index in [2.05, 4.69) is 5.32 Å². The third kappa shape index (κ3) is 4.27. The van der Waals surface area contributed by atoms with Crippen LogP contribution in [0.1, 0.15) is 38.5 Å². The second-order valence-corrected chi connectivity index (χ2v) is 7.20. The molecule has 0 heterocycles. The Balaban J connectivity index is 0.000001000. The monoisotopic (exact) mass is 429 g/mol. The average Bonchev–Trinajstić information content (AvgIpc) is 2.25. The van der Waals surface area contributed by atoms with E-state index in [1.165, 1.54) is 50.6 Å². The molecular weight excluding hydrogens is 406 g/mol. The zero-order chi connectivity index (χ0) is 12.6. The number of amidine groups is 1. The van der Waals surface area contributed by atoms with Crippen molar-refractivity contribution in [2.45, 2.75) is 44.1 Å². The molecule has 4 nitrogen and oxygen atoms in total. The Bertz CT molecular complexity index is 308. The number of nitrogens with two attached hydrogens (primary N) is 1. The Morgan fingerprint density at radius 3 is 2.10 bits per heavy atom. The molecule has 4 aliphatic rings. The van der Waals surface area contributed by atoms with Gasteiger partial charge in [0.2, 0.25) is 0 Å². The van der Waals surface area contributed by atoms with Gasteiger partial charge in [0.1, 0.15) is 0 Å². The minimum atomic E-state index is -0.199. The van der Waals surface area contributed by atoms with E-state index in [0.29, 0.717) is 5.54 Å². The van der Waals surface area contributed by atoms with Gasteiger partial charge in [0.15, 0.2) is 0 Å². The van der Waals surface area contributed by atoms with Crippen molar-refractivity contribution in [1.82, 2.24) is 5.32 Å². The van der Waals surface area contributed by atoms with Crippen LogP contribution >= 0.6 is 46.0 Å².